The van der Waals surface area contributed by atoms with E-state index in [4.69, 9.17) is 4.55 Å². The van der Waals surface area contributed by atoms with E-state index in [1.54, 1.807) is 6.92 Å². The molecular weight excluding hydrogens is 332 g/mol. The second kappa shape index (κ2) is 6.29. The van der Waals surface area contributed by atoms with Crippen LogP contribution in [0.5, 0.6) is 0 Å². The van der Waals surface area contributed by atoms with Crippen LogP contribution in [0.25, 0.3) is 0 Å². The molecule has 0 aromatic rings. The van der Waals surface area contributed by atoms with Crippen LogP contribution in [-0.4, -0.2) is 71.0 Å². The Labute approximate surface area is 133 Å². The van der Waals surface area contributed by atoms with Crippen LogP contribution >= 0.6 is 0 Å². The van der Waals surface area contributed by atoms with E-state index in [1.165, 1.54) is 6.92 Å². The van der Waals surface area contributed by atoms with E-state index in [9.17, 15) is 22.8 Å². The van der Waals surface area contributed by atoms with Crippen LogP contribution < -0.4 is 5.43 Å². The number of hydrazine groups is 1. The Morgan fingerprint density at radius 3 is 2.61 bits per heavy atom. The first-order valence-electron chi connectivity index (χ1n) is 6.99. The summed E-state index contributed by atoms with van der Waals surface area (Å²) >= 11 is 0. The van der Waals surface area contributed by atoms with Crippen molar-refractivity contribution in [2.75, 3.05) is 13.1 Å². The third-order valence-corrected chi connectivity index (χ3v) is 4.09. The van der Waals surface area contributed by atoms with Crippen molar-refractivity contribution in [2.24, 2.45) is 0 Å². The summed E-state index contributed by atoms with van der Waals surface area (Å²) in [7, 11) is -4.83. The van der Waals surface area contributed by atoms with Crippen LogP contribution in [0.1, 0.15) is 26.7 Å². The second-order valence-corrected chi connectivity index (χ2v) is 6.25. The third-order valence-electron chi connectivity index (χ3n) is 3.74. The number of hydrogen-bond acceptors (Lipinski definition) is 6. The highest BCUT2D eigenvalue weighted by molar-refractivity contribution is 7.80. The molecule has 2 aliphatic rings. The zero-order valence-electron chi connectivity index (χ0n) is 12.6. The molecule has 2 N–H and O–H groups in total. The summed E-state index contributed by atoms with van der Waals surface area (Å²) in [5, 5.41) is 1.67. The average Bonchev–Trinajstić information content (AvgIpc) is 2.68. The molecule has 0 aromatic heterocycles. The number of amides is 4. The standard InChI is InChI=1S/C11H18N4O7S/c1-3-14(7(2)16)12-10(17)9-5-4-8-6-13(9)11(18)15(8)22-23(19,20)21/h8-9H,3-6H2,1-2H3,(H,12,17)(H,19,20,21)/t8?,9-/m0/s1. The summed E-state index contributed by atoms with van der Waals surface area (Å²) < 4.78 is 34.6. The normalized spacial score (nSPS) is 23.9. The summed E-state index contributed by atoms with van der Waals surface area (Å²) in [6.07, 6.45) is 0.602. The summed E-state index contributed by atoms with van der Waals surface area (Å²) in [6, 6.07) is -2.23. The summed E-state index contributed by atoms with van der Waals surface area (Å²) in [5.41, 5.74) is 2.43. The molecule has 2 rings (SSSR count). The zero-order valence-corrected chi connectivity index (χ0v) is 13.4. The van der Waals surface area contributed by atoms with Crippen molar-refractivity contribution in [1.82, 2.24) is 20.4 Å². The lowest BCUT2D eigenvalue weighted by atomic mass is 10.0. The molecule has 0 saturated carbocycles. The number of carbonyl (C=O) groups excluding carboxylic acids is 3. The molecule has 2 heterocycles. The number of rotatable bonds is 4. The summed E-state index contributed by atoms with van der Waals surface area (Å²) in [6.45, 7) is 3.34. The fourth-order valence-corrected chi connectivity index (χ4v) is 3.08. The van der Waals surface area contributed by atoms with Crippen molar-refractivity contribution >= 4 is 28.2 Å². The second-order valence-electron chi connectivity index (χ2n) is 5.25. The molecule has 11 nitrogen and oxygen atoms in total. The first-order chi connectivity index (χ1) is 10.6. The predicted molar refractivity (Wildman–Crippen MR) is 74.6 cm³/mol. The molecular formula is C11H18N4O7S. The van der Waals surface area contributed by atoms with Crippen LogP contribution in [0.3, 0.4) is 0 Å². The molecule has 2 bridgehead atoms. The van der Waals surface area contributed by atoms with Gasteiger partial charge in [0.15, 0.2) is 0 Å². The van der Waals surface area contributed by atoms with E-state index in [0.717, 1.165) is 9.91 Å². The molecule has 0 radical (unpaired) electrons. The van der Waals surface area contributed by atoms with Gasteiger partial charge in [-0.2, -0.15) is 13.5 Å². The van der Waals surface area contributed by atoms with Crippen molar-refractivity contribution in [3.8, 4) is 0 Å². The molecule has 130 valence electrons. The van der Waals surface area contributed by atoms with Gasteiger partial charge >= 0.3 is 16.4 Å². The summed E-state index contributed by atoms with van der Waals surface area (Å²) in [4.78, 5) is 36.9. The maximum Gasteiger partial charge on any atom is 0.418 e. The maximum absolute atomic E-state index is 12.3. The molecule has 4 amide bonds. The van der Waals surface area contributed by atoms with Crippen LogP contribution in [0, 0.1) is 0 Å². The fraction of sp³-hybridized carbons (Fsp3) is 0.727. The molecule has 0 spiro atoms. The highest BCUT2D eigenvalue weighted by Crippen LogP contribution is 2.30. The van der Waals surface area contributed by atoms with Gasteiger partial charge in [-0.1, -0.05) is 0 Å². The van der Waals surface area contributed by atoms with Crippen molar-refractivity contribution in [2.45, 2.75) is 38.8 Å². The maximum atomic E-state index is 12.3. The molecule has 0 aromatic carbocycles. The minimum absolute atomic E-state index is 0.0959. The highest BCUT2D eigenvalue weighted by atomic mass is 32.3. The monoisotopic (exact) mass is 350 g/mol. The van der Waals surface area contributed by atoms with Crippen LogP contribution in [0.15, 0.2) is 0 Å². The molecule has 12 heteroatoms. The van der Waals surface area contributed by atoms with Crippen LogP contribution in [0.4, 0.5) is 4.79 Å². The Hall–Kier alpha value is -1.92. The number of hydrogen-bond donors (Lipinski definition) is 2. The number of nitrogens with one attached hydrogen (secondary N) is 1. The molecule has 2 aliphatic heterocycles. The minimum atomic E-state index is -4.83. The lowest BCUT2D eigenvalue weighted by Gasteiger charge is -2.31. The molecule has 2 saturated heterocycles. The van der Waals surface area contributed by atoms with Crippen molar-refractivity contribution in [3.05, 3.63) is 0 Å². The Kier molecular flexibility index (Phi) is 4.77. The quantitative estimate of drug-likeness (QED) is 0.484. The average molecular weight is 350 g/mol. The van der Waals surface area contributed by atoms with E-state index in [-0.39, 0.29) is 25.4 Å². The molecule has 0 aliphatic carbocycles. The molecule has 2 atom stereocenters. The number of carbonyl (C=O) groups is 3. The smallest absolute Gasteiger partial charge is 0.309 e. The van der Waals surface area contributed by atoms with E-state index >= 15 is 0 Å². The number of hydroxylamine groups is 2. The lowest BCUT2D eigenvalue weighted by Crippen LogP contribution is -2.55. The van der Waals surface area contributed by atoms with E-state index in [1.807, 2.05) is 0 Å². The van der Waals surface area contributed by atoms with Gasteiger partial charge in [0.25, 0.3) is 5.91 Å². The highest BCUT2D eigenvalue weighted by Gasteiger charge is 2.49. The topological polar surface area (TPSA) is 137 Å². The Balaban J connectivity index is 2.09. The summed E-state index contributed by atoms with van der Waals surface area (Å²) in [5.74, 6) is -0.888. The number of fused-ring (bicyclic) bond motifs is 2. The van der Waals surface area contributed by atoms with Gasteiger partial charge in [-0.05, 0) is 19.8 Å². The molecule has 2 fully saturated rings. The van der Waals surface area contributed by atoms with Crippen molar-refractivity contribution < 1.29 is 31.6 Å². The number of piperidine rings is 1. The fourth-order valence-electron chi connectivity index (χ4n) is 2.69. The van der Waals surface area contributed by atoms with Gasteiger partial charge in [-0.15, -0.1) is 4.28 Å². The molecule has 23 heavy (non-hydrogen) atoms. The van der Waals surface area contributed by atoms with Crippen molar-refractivity contribution in [1.29, 1.82) is 0 Å². The lowest BCUT2D eigenvalue weighted by molar-refractivity contribution is -0.142. The Bertz CT molecular complexity index is 622. The van der Waals surface area contributed by atoms with E-state index in [0.29, 0.717) is 11.5 Å². The van der Waals surface area contributed by atoms with Gasteiger partial charge in [0, 0.05) is 20.0 Å². The number of urea groups is 1. The number of nitrogens with zero attached hydrogens (tertiary/aromatic N) is 3. The van der Waals surface area contributed by atoms with E-state index < -0.39 is 34.4 Å². The van der Waals surface area contributed by atoms with Crippen LogP contribution in [0.2, 0.25) is 0 Å². The van der Waals surface area contributed by atoms with Crippen molar-refractivity contribution in [3.63, 3.8) is 0 Å². The van der Waals surface area contributed by atoms with Gasteiger partial charge in [-0.25, -0.2) is 4.79 Å². The Morgan fingerprint density at radius 2 is 2.09 bits per heavy atom. The first kappa shape index (κ1) is 17.4. The first-order valence-corrected chi connectivity index (χ1v) is 8.36. The largest absolute Gasteiger partial charge is 0.418 e. The van der Waals surface area contributed by atoms with Gasteiger partial charge in [0.05, 0.1) is 6.04 Å². The van der Waals surface area contributed by atoms with E-state index in [2.05, 4.69) is 9.71 Å². The van der Waals surface area contributed by atoms with Gasteiger partial charge in [0.2, 0.25) is 5.91 Å². The SMILES string of the molecule is CCN(NC(=O)[C@@H]1CCC2CN1C(=O)N2OS(=O)(=O)O)C(C)=O. The van der Waals surface area contributed by atoms with Gasteiger partial charge < -0.3 is 4.90 Å². The third kappa shape index (κ3) is 3.71. The molecule has 1 unspecified atom stereocenters. The Morgan fingerprint density at radius 1 is 1.43 bits per heavy atom. The van der Waals surface area contributed by atoms with Crippen LogP contribution in [-0.2, 0) is 24.3 Å². The predicted octanol–water partition coefficient (Wildman–Crippen LogP) is -1.11. The minimum Gasteiger partial charge on any atom is -0.309 e. The van der Waals surface area contributed by atoms with Gasteiger partial charge in [-0.3, -0.25) is 24.6 Å². The zero-order chi connectivity index (χ0) is 17.4. The van der Waals surface area contributed by atoms with Gasteiger partial charge in [0.1, 0.15) is 6.04 Å².